The summed E-state index contributed by atoms with van der Waals surface area (Å²) in [4.78, 5) is 4.06. The van der Waals surface area contributed by atoms with Gasteiger partial charge >= 0.3 is 0 Å². The van der Waals surface area contributed by atoms with Gasteiger partial charge in [0.2, 0.25) is 0 Å². The summed E-state index contributed by atoms with van der Waals surface area (Å²) in [7, 11) is 0. The van der Waals surface area contributed by atoms with Crippen molar-refractivity contribution in [3.8, 4) is 6.07 Å². The Morgan fingerprint density at radius 3 is 2.95 bits per heavy atom. The fraction of sp³-hybridized carbons (Fsp3) is 0.200. The van der Waals surface area contributed by atoms with Crippen LogP contribution < -0.4 is 5.32 Å². The Balaban J connectivity index is 2.03. The van der Waals surface area contributed by atoms with E-state index in [1.54, 1.807) is 18.5 Å². The number of rotatable bonds is 4. The molecule has 2 aromatic rings. The van der Waals surface area contributed by atoms with Crippen LogP contribution in [0.3, 0.4) is 0 Å². The first-order valence-electron chi connectivity index (χ1n) is 6.02. The van der Waals surface area contributed by atoms with E-state index in [0.29, 0.717) is 12.1 Å². The van der Waals surface area contributed by atoms with E-state index in [1.165, 1.54) is 12.1 Å². The van der Waals surface area contributed by atoms with Crippen molar-refractivity contribution in [1.82, 2.24) is 10.3 Å². The van der Waals surface area contributed by atoms with Crippen molar-refractivity contribution in [3.63, 3.8) is 0 Å². The van der Waals surface area contributed by atoms with E-state index in [0.717, 1.165) is 11.1 Å². The molecular formula is C15H14FN3. The minimum Gasteiger partial charge on any atom is -0.306 e. The molecule has 1 aromatic heterocycles. The van der Waals surface area contributed by atoms with Crippen molar-refractivity contribution in [2.24, 2.45) is 0 Å². The average Bonchev–Trinajstić information content (AvgIpc) is 2.45. The highest BCUT2D eigenvalue weighted by Crippen LogP contribution is 2.13. The summed E-state index contributed by atoms with van der Waals surface area (Å²) in [6, 6.07) is 10.3. The van der Waals surface area contributed by atoms with Gasteiger partial charge in [0.25, 0.3) is 0 Å². The lowest BCUT2D eigenvalue weighted by Gasteiger charge is -2.14. The van der Waals surface area contributed by atoms with Gasteiger partial charge in [0.15, 0.2) is 0 Å². The number of nitriles is 1. The van der Waals surface area contributed by atoms with Gasteiger partial charge in [0.1, 0.15) is 5.82 Å². The summed E-state index contributed by atoms with van der Waals surface area (Å²) in [6.45, 7) is 2.52. The predicted molar refractivity (Wildman–Crippen MR) is 70.6 cm³/mol. The van der Waals surface area contributed by atoms with Crippen molar-refractivity contribution < 1.29 is 4.39 Å². The highest BCUT2D eigenvalue weighted by atomic mass is 19.1. The molecule has 0 saturated heterocycles. The van der Waals surface area contributed by atoms with Crippen LogP contribution in [0.2, 0.25) is 0 Å². The molecule has 0 spiro atoms. The van der Waals surface area contributed by atoms with Crippen LogP contribution in [0.25, 0.3) is 0 Å². The van der Waals surface area contributed by atoms with Crippen molar-refractivity contribution >= 4 is 0 Å². The van der Waals surface area contributed by atoms with E-state index in [9.17, 15) is 4.39 Å². The molecule has 2 rings (SSSR count). The van der Waals surface area contributed by atoms with Gasteiger partial charge in [-0.15, -0.1) is 0 Å². The number of benzene rings is 1. The molecule has 0 saturated carbocycles. The van der Waals surface area contributed by atoms with Crippen LogP contribution in [0.15, 0.2) is 42.7 Å². The molecular weight excluding hydrogens is 241 g/mol. The molecule has 1 unspecified atom stereocenters. The summed E-state index contributed by atoms with van der Waals surface area (Å²) in [5.41, 5.74) is 2.16. The Hall–Kier alpha value is -2.25. The molecule has 1 atom stereocenters. The zero-order chi connectivity index (χ0) is 13.7. The molecule has 1 aromatic carbocycles. The third-order valence-corrected chi connectivity index (χ3v) is 2.88. The number of halogens is 1. The van der Waals surface area contributed by atoms with Crippen LogP contribution in [-0.2, 0) is 6.54 Å². The lowest BCUT2D eigenvalue weighted by atomic mass is 10.1. The summed E-state index contributed by atoms with van der Waals surface area (Å²) >= 11 is 0. The van der Waals surface area contributed by atoms with Gasteiger partial charge in [-0.25, -0.2) is 4.39 Å². The third kappa shape index (κ3) is 3.60. The van der Waals surface area contributed by atoms with Gasteiger partial charge in [0, 0.05) is 25.0 Å². The predicted octanol–water partition coefficient (Wildman–Crippen LogP) is 2.94. The van der Waals surface area contributed by atoms with Gasteiger partial charge in [-0.2, -0.15) is 5.26 Å². The van der Waals surface area contributed by atoms with E-state index in [2.05, 4.69) is 10.3 Å². The maximum atomic E-state index is 13.3. The molecule has 19 heavy (non-hydrogen) atoms. The third-order valence-electron chi connectivity index (χ3n) is 2.88. The largest absolute Gasteiger partial charge is 0.306 e. The second-order valence-corrected chi connectivity index (χ2v) is 4.35. The highest BCUT2D eigenvalue weighted by molar-refractivity contribution is 5.33. The molecule has 0 amide bonds. The second kappa shape index (κ2) is 6.07. The maximum Gasteiger partial charge on any atom is 0.124 e. The molecule has 0 aliphatic rings. The molecule has 3 nitrogen and oxygen atoms in total. The number of hydrogen-bond donors (Lipinski definition) is 1. The Bertz CT molecular complexity index is 590. The maximum absolute atomic E-state index is 13.3. The number of aromatic nitrogens is 1. The van der Waals surface area contributed by atoms with Gasteiger partial charge in [0.05, 0.1) is 11.6 Å². The quantitative estimate of drug-likeness (QED) is 0.913. The van der Waals surface area contributed by atoms with Crippen molar-refractivity contribution in [1.29, 1.82) is 5.26 Å². The SMILES string of the molecule is CC(NCc1cc(F)cc(C#N)c1)c1cccnc1. The smallest absolute Gasteiger partial charge is 0.124 e. The normalized spacial score (nSPS) is 11.8. The van der Waals surface area contributed by atoms with Crippen LogP contribution in [0, 0.1) is 17.1 Å². The van der Waals surface area contributed by atoms with Crippen LogP contribution in [0.4, 0.5) is 4.39 Å². The van der Waals surface area contributed by atoms with Crippen LogP contribution in [0.1, 0.15) is 29.7 Å². The number of hydrogen-bond acceptors (Lipinski definition) is 3. The highest BCUT2D eigenvalue weighted by Gasteiger charge is 2.06. The number of nitrogens with one attached hydrogen (secondary N) is 1. The monoisotopic (exact) mass is 255 g/mol. The van der Waals surface area contributed by atoms with E-state index in [1.807, 2.05) is 25.1 Å². The van der Waals surface area contributed by atoms with Gasteiger partial charge in [-0.05, 0) is 42.3 Å². The molecule has 0 fully saturated rings. The summed E-state index contributed by atoms with van der Waals surface area (Å²) in [5.74, 6) is -0.384. The standard InChI is InChI=1S/C15H14FN3/c1-11(14-3-2-4-18-10-14)19-9-13-5-12(8-17)6-15(16)7-13/h2-7,10-11,19H,9H2,1H3. The average molecular weight is 255 g/mol. The van der Waals surface area contributed by atoms with E-state index in [-0.39, 0.29) is 11.9 Å². The minimum absolute atomic E-state index is 0.113. The molecule has 96 valence electrons. The lowest BCUT2D eigenvalue weighted by molar-refractivity contribution is 0.567. The van der Waals surface area contributed by atoms with E-state index in [4.69, 9.17) is 5.26 Å². The number of nitrogens with zero attached hydrogens (tertiary/aromatic N) is 2. The van der Waals surface area contributed by atoms with E-state index < -0.39 is 0 Å². The Morgan fingerprint density at radius 1 is 1.42 bits per heavy atom. The summed E-state index contributed by atoms with van der Waals surface area (Å²) in [5, 5.41) is 12.1. The summed E-state index contributed by atoms with van der Waals surface area (Å²) < 4.78 is 13.3. The molecule has 1 N–H and O–H groups in total. The molecule has 0 bridgehead atoms. The fourth-order valence-corrected chi connectivity index (χ4v) is 1.84. The van der Waals surface area contributed by atoms with Gasteiger partial charge < -0.3 is 5.32 Å². The Morgan fingerprint density at radius 2 is 2.26 bits per heavy atom. The zero-order valence-corrected chi connectivity index (χ0v) is 10.6. The lowest BCUT2D eigenvalue weighted by Crippen LogP contribution is -2.18. The van der Waals surface area contributed by atoms with Gasteiger partial charge in [-0.3, -0.25) is 4.98 Å². The topological polar surface area (TPSA) is 48.7 Å². The van der Waals surface area contributed by atoms with Crippen LogP contribution in [-0.4, -0.2) is 4.98 Å². The first kappa shape index (κ1) is 13.2. The van der Waals surface area contributed by atoms with Crippen molar-refractivity contribution in [2.75, 3.05) is 0 Å². The second-order valence-electron chi connectivity index (χ2n) is 4.35. The molecule has 0 radical (unpaired) electrons. The fourth-order valence-electron chi connectivity index (χ4n) is 1.84. The zero-order valence-electron chi connectivity index (χ0n) is 10.6. The number of pyridine rings is 1. The minimum atomic E-state index is -0.384. The molecule has 4 heteroatoms. The van der Waals surface area contributed by atoms with Crippen molar-refractivity contribution in [3.05, 3.63) is 65.2 Å². The first-order chi connectivity index (χ1) is 9.19. The Labute approximate surface area is 111 Å². The molecule has 1 heterocycles. The van der Waals surface area contributed by atoms with Crippen LogP contribution >= 0.6 is 0 Å². The van der Waals surface area contributed by atoms with E-state index >= 15 is 0 Å². The van der Waals surface area contributed by atoms with Gasteiger partial charge in [-0.1, -0.05) is 6.07 Å². The molecule has 0 aliphatic carbocycles. The van der Waals surface area contributed by atoms with Crippen LogP contribution in [0.5, 0.6) is 0 Å². The molecule has 0 aliphatic heterocycles. The Kier molecular flexibility index (Phi) is 4.22. The first-order valence-corrected chi connectivity index (χ1v) is 6.02. The summed E-state index contributed by atoms with van der Waals surface area (Å²) in [6.07, 6.45) is 3.52. The van der Waals surface area contributed by atoms with Crippen molar-refractivity contribution in [2.45, 2.75) is 19.5 Å².